The third-order valence-electron chi connectivity index (χ3n) is 4.29. The van der Waals surface area contributed by atoms with Gasteiger partial charge in [0, 0.05) is 31.0 Å². The van der Waals surface area contributed by atoms with Crippen molar-refractivity contribution in [2.24, 2.45) is 0 Å². The molecule has 5 heteroatoms. The molecule has 2 fully saturated rings. The summed E-state index contributed by atoms with van der Waals surface area (Å²) in [5.74, 6) is 0.121. The fourth-order valence-corrected chi connectivity index (χ4v) is 2.82. The van der Waals surface area contributed by atoms with Gasteiger partial charge in [-0.05, 0) is 18.4 Å². The van der Waals surface area contributed by atoms with Gasteiger partial charge in [-0.1, -0.05) is 30.3 Å². The van der Waals surface area contributed by atoms with E-state index in [1.807, 2.05) is 6.07 Å². The number of amides is 1. The first-order valence-corrected chi connectivity index (χ1v) is 7.42. The third kappa shape index (κ3) is 4.19. The van der Waals surface area contributed by atoms with Crippen LogP contribution in [0.1, 0.15) is 24.8 Å². The zero-order valence-electron chi connectivity index (χ0n) is 12.1. The van der Waals surface area contributed by atoms with Crippen LogP contribution < -0.4 is 10.6 Å². The monoisotopic (exact) mass is 310 g/mol. The molecule has 1 saturated carbocycles. The fourth-order valence-electron chi connectivity index (χ4n) is 2.82. The number of rotatable bonds is 5. The number of carbonyl (C=O) groups excluding carboxylic acids is 1. The highest BCUT2D eigenvalue weighted by Gasteiger charge is 2.44. The standard InChI is InChI=1S/C16H22N2O2.ClH/c19-15(10-14-11-20-9-8-17-14)18-12-16(6-7-16)13-4-2-1-3-5-13;/h1-5,14,17H,6-12H2,(H,18,19);1H. The van der Waals surface area contributed by atoms with E-state index in [4.69, 9.17) is 4.74 Å². The van der Waals surface area contributed by atoms with Gasteiger partial charge in [0.15, 0.2) is 0 Å². The lowest BCUT2D eigenvalue weighted by molar-refractivity contribution is -0.122. The van der Waals surface area contributed by atoms with E-state index in [1.165, 1.54) is 18.4 Å². The highest BCUT2D eigenvalue weighted by molar-refractivity contribution is 5.85. The zero-order valence-corrected chi connectivity index (χ0v) is 13.0. The lowest BCUT2D eigenvalue weighted by Gasteiger charge is -2.24. The number of hydrogen-bond acceptors (Lipinski definition) is 3. The summed E-state index contributed by atoms with van der Waals surface area (Å²) in [6, 6.07) is 10.7. The summed E-state index contributed by atoms with van der Waals surface area (Å²) in [6.45, 7) is 2.97. The van der Waals surface area contributed by atoms with Gasteiger partial charge >= 0.3 is 0 Å². The second-order valence-corrected chi connectivity index (χ2v) is 5.85. The van der Waals surface area contributed by atoms with Crippen molar-refractivity contribution in [2.75, 3.05) is 26.3 Å². The first-order chi connectivity index (χ1) is 9.78. The Bertz CT molecular complexity index is 457. The van der Waals surface area contributed by atoms with Crippen LogP contribution in [0.2, 0.25) is 0 Å². The summed E-state index contributed by atoms with van der Waals surface area (Å²) >= 11 is 0. The molecule has 3 rings (SSSR count). The van der Waals surface area contributed by atoms with Crippen molar-refractivity contribution in [3.05, 3.63) is 35.9 Å². The number of morpholine rings is 1. The molecule has 1 heterocycles. The van der Waals surface area contributed by atoms with Gasteiger partial charge in [0.1, 0.15) is 0 Å². The molecule has 1 amide bonds. The predicted octanol–water partition coefficient (Wildman–Crippen LogP) is 1.63. The Morgan fingerprint density at radius 3 is 2.71 bits per heavy atom. The summed E-state index contributed by atoms with van der Waals surface area (Å²) in [6.07, 6.45) is 2.84. The fraction of sp³-hybridized carbons (Fsp3) is 0.562. The number of halogens is 1. The lowest BCUT2D eigenvalue weighted by Crippen LogP contribution is -2.45. The molecule has 1 atom stereocenters. The maximum atomic E-state index is 12.0. The molecule has 1 aliphatic heterocycles. The topological polar surface area (TPSA) is 50.4 Å². The molecule has 116 valence electrons. The van der Waals surface area contributed by atoms with Crippen molar-refractivity contribution in [3.8, 4) is 0 Å². The molecule has 21 heavy (non-hydrogen) atoms. The van der Waals surface area contributed by atoms with Crippen molar-refractivity contribution in [3.63, 3.8) is 0 Å². The minimum absolute atomic E-state index is 0. The molecule has 0 aromatic heterocycles. The van der Waals surface area contributed by atoms with Crippen molar-refractivity contribution >= 4 is 18.3 Å². The van der Waals surface area contributed by atoms with Crippen LogP contribution in [0.25, 0.3) is 0 Å². The molecular weight excluding hydrogens is 288 g/mol. The van der Waals surface area contributed by atoms with Crippen molar-refractivity contribution in [2.45, 2.75) is 30.7 Å². The third-order valence-corrected chi connectivity index (χ3v) is 4.29. The molecule has 1 aliphatic carbocycles. The van der Waals surface area contributed by atoms with E-state index in [1.54, 1.807) is 0 Å². The summed E-state index contributed by atoms with van der Waals surface area (Å²) in [5, 5.41) is 6.41. The summed E-state index contributed by atoms with van der Waals surface area (Å²) < 4.78 is 5.37. The van der Waals surface area contributed by atoms with Crippen LogP contribution in [0, 0.1) is 0 Å². The van der Waals surface area contributed by atoms with E-state index >= 15 is 0 Å². The van der Waals surface area contributed by atoms with E-state index in [2.05, 4.69) is 34.9 Å². The quantitative estimate of drug-likeness (QED) is 0.869. The number of nitrogens with one attached hydrogen (secondary N) is 2. The average molecular weight is 311 g/mol. The van der Waals surface area contributed by atoms with Crippen LogP contribution in [0.3, 0.4) is 0 Å². The first kappa shape index (κ1) is 16.3. The van der Waals surface area contributed by atoms with Crippen LogP contribution in [0.4, 0.5) is 0 Å². The molecule has 0 radical (unpaired) electrons. The molecule has 1 saturated heterocycles. The number of benzene rings is 1. The summed E-state index contributed by atoms with van der Waals surface area (Å²) in [7, 11) is 0. The Morgan fingerprint density at radius 1 is 1.33 bits per heavy atom. The van der Waals surface area contributed by atoms with E-state index in [0.29, 0.717) is 13.0 Å². The smallest absolute Gasteiger partial charge is 0.221 e. The van der Waals surface area contributed by atoms with Gasteiger partial charge in [-0.3, -0.25) is 4.79 Å². The van der Waals surface area contributed by atoms with Crippen LogP contribution >= 0.6 is 12.4 Å². The average Bonchev–Trinajstić information content (AvgIpc) is 3.28. The van der Waals surface area contributed by atoms with E-state index in [-0.39, 0.29) is 29.8 Å². The van der Waals surface area contributed by atoms with Gasteiger partial charge in [0.2, 0.25) is 5.91 Å². The molecule has 2 aliphatic rings. The molecular formula is C16H23ClN2O2. The van der Waals surface area contributed by atoms with Crippen molar-refractivity contribution in [1.29, 1.82) is 0 Å². The Labute approximate surface area is 132 Å². The van der Waals surface area contributed by atoms with Gasteiger partial charge in [-0.25, -0.2) is 0 Å². The Kier molecular flexibility index (Phi) is 5.62. The number of ether oxygens (including phenoxy) is 1. The molecule has 4 nitrogen and oxygen atoms in total. The van der Waals surface area contributed by atoms with Gasteiger partial charge in [-0.15, -0.1) is 12.4 Å². The second-order valence-electron chi connectivity index (χ2n) is 5.85. The van der Waals surface area contributed by atoms with Crippen molar-refractivity contribution < 1.29 is 9.53 Å². The summed E-state index contributed by atoms with van der Waals surface area (Å²) in [4.78, 5) is 12.0. The normalized spacial score (nSPS) is 23.0. The molecule has 0 bridgehead atoms. The highest BCUT2D eigenvalue weighted by Crippen LogP contribution is 2.47. The van der Waals surface area contributed by atoms with Crippen LogP contribution in [-0.2, 0) is 14.9 Å². The highest BCUT2D eigenvalue weighted by atomic mass is 35.5. The second kappa shape index (κ2) is 7.25. The van der Waals surface area contributed by atoms with Crippen LogP contribution in [0.5, 0.6) is 0 Å². The van der Waals surface area contributed by atoms with E-state index < -0.39 is 0 Å². The minimum Gasteiger partial charge on any atom is -0.378 e. The summed E-state index contributed by atoms with van der Waals surface area (Å²) in [5.41, 5.74) is 1.53. The van der Waals surface area contributed by atoms with Crippen molar-refractivity contribution in [1.82, 2.24) is 10.6 Å². The number of hydrogen-bond donors (Lipinski definition) is 2. The molecule has 1 aromatic rings. The SMILES string of the molecule is Cl.O=C(CC1COCCN1)NCC1(c2ccccc2)CC1. The number of carbonyl (C=O) groups is 1. The van der Waals surface area contributed by atoms with Gasteiger partial charge in [-0.2, -0.15) is 0 Å². The molecule has 2 N–H and O–H groups in total. The van der Waals surface area contributed by atoms with Crippen LogP contribution in [-0.4, -0.2) is 38.3 Å². The first-order valence-electron chi connectivity index (χ1n) is 7.42. The molecule has 1 aromatic carbocycles. The Morgan fingerprint density at radius 2 is 2.10 bits per heavy atom. The zero-order chi connectivity index (χ0) is 13.8. The van der Waals surface area contributed by atoms with Crippen LogP contribution in [0.15, 0.2) is 30.3 Å². The minimum atomic E-state index is 0. The Balaban J connectivity index is 0.00000161. The van der Waals surface area contributed by atoms with Gasteiger partial charge in [0.05, 0.1) is 13.2 Å². The lowest BCUT2D eigenvalue weighted by atomic mass is 9.96. The van der Waals surface area contributed by atoms with E-state index in [0.717, 1.165) is 19.7 Å². The largest absolute Gasteiger partial charge is 0.378 e. The molecule has 1 unspecified atom stereocenters. The Hall–Kier alpha value is -1.10. The maximum Gasteiger partial charge on any atom is 0.221 e. The molecule has 0 spiro atoms. The van der Waals surface area contributed by atoms with Gasteiger partial charge < -0.3 is 15.4 Å². The predicted molar refractivity (Wildman–Crippen MR) is 84.8 cm³/mol. The maximum absolute atomic E-state index is 12.0. The van der Waals surface area contributed by atoms with E-state index in [9.17, 15) is 4.79 Å². The van der Waals surface area contributed by atoms with Gasteiger partial charge in [0.25, 0.3) is 0 Å².